The summed E-state index contributed by atoms with van der Waals surface area (Å²) in [5.41, 5.74) is 2.71. The second kappa shape index (κ2) is 12.0. The van der Waals surface area contributed by atoms with Crippen molar-refractivity contribution in [2.45, 2.75) is 6.42 Å². The Morgan fingerprint density at radius 2 is 1.32 bits per heavy atom. The number of benzene rings is 3. The van der Waals surface area contributed by atoms with Gasteiger partial charge in [0.1, 0.15) is 5.84 Å². The zero-order valence-electron chi connectivity index (χ0n) is 20.2. The first-order valence-corrected chi connectivity index (χ1v) is 11.6. The predicted molar refractivity (Wildman–Crippen MR) is 141 cm³/mol. The Bertz CT molecular complexity index is 1480. The number of rotatable bonds is 3. The van der Waals surface area contributed by atoms with Crippen LogP contribution >= 0.6 is 0 Å². The lowest BCUT2D eigenvalue weighted by Crippen LogP contribution is -2.47. The van der Waals surface area contributed by atoms with Crippen molar-refractivity contribution in [2.75, 3.05) is 34.9 Å². The van der Waals surface area contributed by atoms with E-state index in [1.807, 2.05) is 6.07 Å². The van der Waals surface area contributed by atoms with Crippen molar-refractivity contribution >= 4 is 35.0 Å². The summed E-state index contributed by atoms with van der Waals surface area (Å²) in [4.78, 5) is 33.9. The molecule has 1 aliphatic heterocycles. The number of ether oxygens (including phenoxy) is 1. The molecule has 4 amide bonds. The molecule has 186 valence electrons. The molecule has 38 heavy (non-hydrogen) atoms. The smallest absolute Gasteiger partial charge is 0.347 e. The fraction of sp³-hybridized carbons (Fsp3) is 0.143. The van der Waals surface area contributed by atoms with Crippen LogP contribution in [-0.4, -0.2) is 37.7 Å². The third-order valence-electron chi connectivity index (χ3n) is 5.67. The summed E-state index contributed by atoms with van der Waals surface area (Å²) in [6.07, 6.45) is 0.160. The number of amides is 4. The number of nitrogens with one attached hydrogen (secondary N) is 1. The van der Waals surface area contributed by atoms with E-state index in [1.165, 1.54) is 9.80 Å². The van der Waals surface area contributed by atoms with Crippen molar-refractivity contribution in [1.29, 1.82) is 15.8 Å². The van der Waals surface area contributed by atoms with Gasteiger partial charge in [-0.2, -0.15) is 20.8 Å². The van der Waals surface area contributed by atoms with E-state index < -0.39 is 12.1 Å². The first-order valence-electron chi connectivity index (χ1n) is 11.6. The summed E-state index contributed by atoms with van der Waals surface area (Å²) in [7, 11) is 0. The molecule has 10 nitrogen and oxygen atoms in total. The van der Waals surface area contributed by atoms with Gasteiger partial charge in [-0.1, -0.05) is 0 Å². The molecule has 0 bridgehead atoms. The molecule has 1 fully saturated rings. The summed E-state index contributed by atoms with van der Waals surface area (Å²) in [6.45, 7) is 0.685. The van der Waals surface area contributed by atoms with E-state index in [-0.39, 0.29) is 32.0 Å². The van der Waals surface area contributed by atoms with Gasteiger partial charge in [0.2, 0.25) is 0 Å². The Morgan fingerprint density at radius 3 is 1.87 bits per heavy atom. The molecule has 0 aliphatic carbocycles. The molecule has 0 atom stereocenters. The number of urea groups is 2. The maximum Gasteiger partial charge on any atom is 0.347 e. The highest BCUT2D eigenvalue weighted by Crippen LogP contribution is 2.24. The monoisotopic (exact) mass is 503 g/mol. The number of carbonyl (C=O) groups excluding carboxylic acids is 2. The van der Waals surface area contributed by atoms with Crippen LogP contribution in [0.4, 0.5) is 26.7 Å². The largest absolute Gasteiger partial charge is 0.379 e. The van der Waals surface area contributed by atoms with E-state index in [9.17, 15) is 14.9 Å². The van der Waals surface area contributed by atoms with Crippen LogP contribution in [0.5, 0.6) is 0 Å². The molecule has 0 unspecified atom stereocenters. The number of hydrogen-bond acceptors (Lipinski definition) is 6. The van der Waals surface area contributed by atoms with Gasteiger partial charge in [-0.3, -0.25) is 4.90 Å². The first kappa shape index (κ1) is 25.6. The average molecular weight is 504 g/mol. The Balaban J connectivity index is 1.73. The molecule has 3 aromatic carbocycles. The highest BCUT2D eigenvalue weighted by Gasteiger charge is 2.29. The van der Waals surface area contributed by atoms with Gasteiger partial charge in [0, 0.05) is 17.8 Å². The summed E-state index contributed by atoms with van der Waals surface area (Å²) in [5, 5.41) is 30.0. The zero-order valence-corrected chi connectivity index (χ0v) is 20.2. The minimum Gasteiger partial charge on any atom is -0.379 e. The number of hydrogen-bond donors (Lipinski definition) is 1. The van der Waals surface area contributed by atoms with Gasteiger partial charge < -0.3 is 10.1 Å². The molecule has 4 rings (SSSR count). The van der Waals surface area contributed by atoms with Gasteiger partial charge in [0.25, 0.3) is 0 Å². The third-order valence-corrected chi connectivity index (χ3v) is 5.67. The van der Waals surface area contributed by atoms with E-state index in [2.05, 4.69) is 22.4 Å². The van der Waals surface area contributed by atoms with E-state index in [0.717, 1.165) is 0 Å². The summed E-state index contributed by atoms with van der Waals surface area (Å²) in [5.74, 6) is 0.145. The number of nitriles is 3. The fourth-order valence-corrected chi connectivity index (χ4v) is 3.76. The molecular weight excluding hydrogens is 482 g/mol. The van der Waals surface area contributed by atoms with Crippen LogP contribution in [0.3, 0.4) is 0 Å². The highest BCUT2D eigenvalue weighted by molar-refractivity contribution is 6.23. The van der Waals surface area contributed by atoms with Gasteiger partial charge in [-0.25, -0.2) is 14.5 Å². The molecule has 3 aromatic rings. The highest BCUT2D eigenvalue weighted by atomic mass is 16.5. The molecule has 0 radical (unpaired) electrons. The molecular formula is C28H21N7O3. The second-order valence-corrected chi connectivity index (χ2v) is 8.10. The van der Waals surface area contributed by atoms with Gasteiger partial charge in [-0.05, 0) is 72.8 Å². The Hall–Kier alpha value is -5.50. The molecule has 0 spiro atoms. The molecule has 1 heterocycles. The van der Waals surface area contributed by atoms with Crippen LogP contribution in [0, 0.1) is 34.0 Å². The van der Waals surface area contributed by atoms with Gasteiger partial charge in [0.15, 0.2) is 0 Å². The molecule has 1 saturated heterocycles. The molecule has 0 saturated carbocycles. The van der Waals surface area contributed by atoms with Crippen LogP contribution in [0.15, 0.2) is 77.8 Å². The van der Waals surface area contributed by atoms with Crippen molar-refractivity contribution in [1.82, 2.24) is 0 Å². The summed E-state index contributed by atoms with van der Waals surface area (Å²) >= 11 is 0. The van der Waals surface area contributed by atoms with Gasteiger partial charge >= 0.3 is 12.1 Å². The number of aliphatic imine (C=N–C) groups is 1. The summed E-state index contributed by atoms with van der Waals surface area (Å²) in [6, 6.07) is 24.2. The van der Waals surface area contributed by atoms with Crippen LogP contribution in [-0.2, 0) is 4.74 Å². The maximum atomic E-state index is 14.0. The first-order chi connectivity index (χ1) is 18.5. The number of anilines is 3. The predicted octanol–water partition coefficient (Wildman–Crippen LogP) is 4.79. The number of carbonyl (C=O) groups is 2. The standard InChI is InChI=1S/C28H21N7O3/c29-17-20-1-7-23(8-2-20)32-27(36)33-26-13-15-38-16-14-34(24-9-3-21(18-30)4-10-24)28(37)35(26)25-11-5-22(19-31)6-12-25/h1-12H,13-16H2,(H,32,36). The maximum absolute atomic E-state index is 14.0. The minimum absolute atomic E-state index is 0.145. The van der Waals surface area contributed by atoms with Crippen molar-refractivity contribution in [2.24, 2.45) is 4.99 Å². The van der Waals surface area contributed by atoms with Gasteiger partial charge in [-0.15, -0.1) is 0 Å². The van der Waals surface area contributed by atoms with Gasteiger partial charge in [0.05, 0.1) is 60.3 Å². The van der Waals surface area contributed by atoms with Crippen molar-refractivity contribution in [3.05, 3.63) is 89.5 Å². The number of amidine groups is 1. The van der Waals surface area contributed by atoms with Crippen molar-refractivity contribution in [3.63, 3.8) is 0 Å². The van der Waals surface area contributed by atoms with Crippen LogP contribution in [0.1, 0.15) is 23.1 Å². The Labute approximate surface area is 219 Å². The lowest BCUT2D eigenvalue weighted by atomic mass is 10.2. The fourth-order valence-electron chi connectivity index (χ4n) is 3.76. The third kappa shape index (κ3) is 6.00. The number of nitrogens with zero attached hydrogens (tertiary/aromatic N) is 6. The second-order valence-electron chi connectivity index (χ2n) is 8.10. The molecule has 1 aliphatic rings. The SMILES string of the molecule is N#Cc1ccc(NC(=O)N=C2CCOCCN(c3ccc(C#N)cc3)C(=O)N2c2ccc(C#N)cc2)cc1. The molecule has 0 aromatic heterocycles. The quantitative estimate of drug-likeness (QED) is 0.544. The van der Waals surface area contributed by atoms with Crippen molar-refractivity contribution in [3.8, 4) is 18.2 Å². The van der Waals surface area contributed by atoms with E-state index in [0.29, 0.717) is 33.8 Å². The van der Waals surface area contributed by atoms with Crippen molar-refractivity contribution < 1.29 is 14.3 Å². The minimum atomic E-state index is -0.708. The molecule has 1 N–H and O–H groups in total. The van der Waals surface area contributed by atoms with E-state index in [1.54, 1.807) is 72.8 Å². The van der Waals surface area contributed by atoms with Crippen LogP contribution in [0.2, 0.25) is 0 Å². The Kier molecular flexibility index (Phi) is 8.05. The topological polar surface area (TPSA) is 146 Å². The normalized spacial score (nSPS) is 14.9. The lowest BCUT2D eigenvalue weighted by molar-refractivity contribution is 0.148. The molecule has 10 heteroatoms. The van der Waals surface area contributed by atoms with E-state index >= 15 is 0 Å². The summed E-state index contributed by atoms with van der Waals surface area (Å²) < 4.78 is 5.72. The van der Waals surface area contributed by atoms with Crippen LogP contribution in [0.25, 0.3) is 0 Å². The van der Waals surface area contributed by atoms with Crippen LogP contribution < -0.4 is 15.1 Å². The Morgan fingerprint density at radius 1 is 0.789 bits per heavy atom. The average Bonchev–Trinajstić information content (AvgIpc) is 3.02. The zero-order chi connectivity index (χ0) is 26.9. The lowest BCUT2D eigenvalue weighted by Gasteiger charge is -2.30. The van der Waals surface area contributed by atoms with E-state index in [4.69, 9.17) is 15.3 Å².